The number of aromatic nitrogens is 3. The van der Waals surface area contributed by atoms with Gasteiger partial charge in [0, 0.05) is 32.7 Å². The van der Waals surface area contributed by atoms with Gasteiger partial charge in [0.2, 0.25) is 0 Å². The predicted octanol–water partition coefficient (Wildman–Crippen LogP) is 0.378. The highest BCUT2D eigenvalue weighted by Gasteiger charge is 2.12. The van der Waals surface area contributed by atoms with E-state index >= 15 is 0 Å². The van der Waals surface area contributed by atoms with Gasteiger partial charge in [-0.15, -0.1) is 5.10 Å². The van der Waals surface area contributed by atoms with Crippen molar-refractivity contribution in [1.29, 1.82) is 0 Å². The van der Waals surface area contributed by atoms with Crippen molar-refractivity contribution in [2.45, 2.75) is 6.54 Å². The van der Waals surface area contributed by atoms with E-state index in [0.29, 0.717) is 0 Å². The Hall–Kier alpha value is -1.92. The van der Waals surface area contributed by atoms with E-state index in [4.69, 9.17) is 0 Å². The van der Waals surface area contributed by atoms with E-state index in [1.165, 1.54) is 0 Å². The van der Waals surface area contributed by atoms with Crippen LogP contribution < -0.4 is 5.32 Å². The summed E-state index contributed by atoms with van der Waals surface area (Å²) in [5.41, 5.74) is 1.87. The van der Waals surface area contributed by atoms with E-state index < -0.39 is 0 Å². The zero-order valence-corrected chi connectivity index (χ0v) is 10.7. The highest BCUT2D eigenvalue weighted by Crippen LogP contribution is 2.13. The average Bonchev–Trinajstić information content (AvgIpc) is 2.89. The Morgan fingerprint density at radius 3 is 2.63 bits per heavy atom. The first kappa shape index (κ1) is 12.1. The molecule has 0 radical (unpaired) electrons. The van der Waals surface area contributed by atoms with Crippen LogP contribution in [0.5, 0.6) is 5.75 Å². The van der Waals surface area contributed by atoms with E-state index in [1.54, 1.807) is 16.8 Å². The van der Waals surface area contributed by atoms with Gasteiger partial charge >= 0.3 is 0 Å². The van der Waals surface area contributed by atoms with Crippen molar-refractivity contribution in [2.75, 3.05) is 26.2 Å². The molecule has 1 aliphatic rings. The Balaban J connectivity index is 1.70. The van der Waals surface area contributed by atoms with Crippen molar-refractivity contribution in [3.05, 3.63) is 36.2 Å². The largest absolute Gasteiger partial charge is 0.508 e. The van der Waals surface area contributed by atoms with Crippen LogP contribution in [0, 0.1) is 0 Å². The molecule has 0 atom stereocenters. The molecule has 100 valence electrons. The van der Waals surface area contributed by atoms with Crippen LogP contribution >= 0.6 is 0 Å². The van der Waals surface area contributed by atoms with Gasteiger partial charge < -0.3 is 10.4 Å². The third-order valence-electron chi connectivity index (χ3n) is 3.25. The van der Waals surface area contributed by atoms with E-state index in [9.17, 15) is 5.11 Å². The third kappa shape index (κ3) is 2.91. The van der Waals surface area contributed by atoms with Crippen LogP contribution in [-0.4, -0.2) is 51.2 Å². The summed E-state index contributed by atoms with van der Waals surface area (Å²) in [7, 11) is 0. The van der Waals surface area contributed by atoms with Crippen LogP contribution in [0.2, 0.25) is 0 Å². The second kappa shape index (κ2) is 5.38. The Kier molecular flexibility index (Phi) is 3.43. The summed E-state index contributed by atoms with van der Waals surface area (Å²) in [6.07, 6.45) is 1.94. The molecule has 0 bridgehead atoms. The molecule has 0 saturated carbocycles. The van der Waals surface area contributed by atoms with Crippen molar-refractivity contribution in [2.24, 2.45) is 0 Å². The number of phenols is 1. The highest BCUT2D eigenvalue weighted by molar-refractivity contribution is 5.35. The first-order chi connectivity index (χ1) is 9.31. The van der Waals surface area contributed by atoms with Crippen LogP contribution in [0.1, 0.15) is 5.69 Å². The van der Waals surface area contributed by atoms with Gasteiger partial charge in [0.05, 0.1) is 17.6 Å². The average molecular weight is 259 g/mol. The Labute approximate surface area is 111 Å². The lowest BCUT2D eigenvalue weighted by Crippen LogP contribution is -2.42. The molecule has 6 nitrogen and oxygen atoms in total. The van der Waals surface area contributed by atoms with Crippen molar-refractivity contribution in [1.82, 2.24) is 25.2 Å². The third-order valence-corrected chi connectivity index (χ3v) is 3.25. The van der Waals surface area contributed by atoms with Crippen LogP contribution in [0.4, 0.5) is 0 Å². The number of hydrogen-bond acceptors (Lipinski definition) is 5. The molecule has 1 aliphatic heterocycles. The predicted molar refractivity (Wildman–Crippen MR) is 71.2 cm³/mol. The fourth-order valence-electron chi connectivity index (χ4n) is 2.20. The molecule has 1 saturated heterocycles. The fourth-order valence-corrected chi connectivity index (χ4v) is 2.20. The topological polar surface area (TPSA) is 66.2 Å². The minimum Gasteiger partial charge on any atom is -0.508 e. The number of aromatic hydroxyl groups is 1. The van der Waals surface area contributed by atoms with Gasteiger partial charge in [-0.3, -0.25) is 4.90 Å². The molecule has 3 rings (SSSR count). The second-order valence-electron chi connectivity index (χ2n) is 4.70. The van der Waals surface area contributed by atoms with Gasteiger partial charge in [-0.2, -0.15) is 0 Å². The van der Waals surface area contributed by atoms with Crippen LogP contribution in [-0.2, 0) is 6.54 Å². The van der Waals surface area contributed by atoms with Gasteiger partial charge in [0.15, 0.2) is 0 Å². The number of rotatable bonds is 3. The van der Waals surface area contributed by atoms with Crippen molar-refractivity contribution in [3.8, 4) is 11.4 Å². The Morgan fingerprint density at radius 2 is 1.89 bits per heavy atom. The summed E-state index contributed by atoms with van der Waals surface area (Å²) in [6.45, 7) is 5.00. The van der Waals surface area contributed by atoms with Gasteiger partial charge in [0.1, 0.15) is 5.75 Å². The summed E-state index contributed by atoms with van der Waals surface area (Å²) in [4.78, 5) is 2.36. The molecule has 2 N–H and O–H groups in total. The lowest BCUT2D eigenvalue weighted by Gasteiger charge is -2.25. The lowest BCUT2D eigenvalue weighted by atomic mass is 10.3. The molecule has 19 heavy (non-hydrogen) atoms. The number of hydrogen-bond donors (Lipinski definition) is 2. The molecule has 0 aliphatic carbocycles. The summed E-state index contributed by atoms with van der Waals surface area (Å²) >= 11 is 0. The maximum absolute atomic E-state index is 9.27. The molecule has 0 amide bonds. The molecule has 1 aromatic carbocycles. The Bertz CT molecular complexity index is 530. The molecular weight excluding hydrogens is 242 g/mol. The monoisotopic (exact) mass is 259 g/mol. The molecule has 2 heterocycles. The first-order valence-electron chi connectivity index (χ1n) is 6.45. The van der Waals surface area contributed by atoms with E-state index in [0.717, 1.165) is 44.1 Å². The van der Waals surface area contributed by atoms with Gasteiger partial charge in [0.25, 0.3) is 0 Å². The van der Waals surface area contributed by atoms with E-state index in [1.807, 2.05) is 18.3 Å². The van der Waals surface area contributed by atoms with Gasteiger partial charge in [-0.25, -0.2) is 4.68 Å². The SMILES string of the molecule is Oc1ccc(-n2cc(CN3CCNCC3)nn2)cc1. The minimum atomic E-state index is 0.255. The molecule has 2 aromatic rings. The molecular formula is C13H17N5O. The van der Waals surface area contributed by atoms with E-state index in [-0.39, 0.29) is 5.75 Å². The molecule has 0 spiro atoms. The maximum atomic E-state index is 9.27. The second-order valence-corrected chi connectivity index (χ2v) is 4.70. The van der Waals surface area contributed by atoms with Crippen LogP contribution in [0.25, 0.3) is 5.69 Å². The lowest BCUT2D eigenvalue weighted by molar-refractivity contribution is 0.230. The maximum Gasteiger partial charge on any atom is 0.115 e. The minimum absolute atomic E-state index is 0.255. The summed E-state index contributed by atoms with van der Waals surface area (Å²) in [5.74, 6) is 0.255. The standard InChI is InChI=1S/C13H17N5O/c19-13-3-1-12(2-4-13)18-10-11(15-16-18)9-17-7-5-14-6-8-17/h1-4,10,14,19H,5-9H2. The highest BCUT2D eigenvalue weighted by atomic mass is 16.3. The van der Waals surface area contributed by atoms with Crippen molar-refractivity contribution < 1.29 is 5.11 Å². The molecule has 0 unspecified atom stereocenters. The van der Waals surface area contributed by atoms with Crippen LogP contribution in [0.3, 0.4) is 0 Å². The Morgan fingerprint density at radius 1 is 1.16 bits per heavy atom. The van der Waals surface area contributed by atoms with Gasteiger partial charge in [-0.1, -0.05) is 5.21 Å². The number of nitrogens with zero attached hydrogens (tertiary/aromatic N) is 4. The van der Waals surface area contributed by atoms with Gasteiger partial charge in [-0.05, 0) is 24.3 Å². The van der Waals surface area contributed by atoms with E-state index in [2.05, 4.69) is 20.5 Å². The summed E-state index contributed by atoms with van der Waals surface area (Å²) < 4.78 is 1.73. The zero-order chi connectivity index (χ0) is 13.1. The van der Waals surface area contributed by atoms with Crippen molar-refractivity contribution >= 4 is 0 Å². The molecule has 1 fully saturated rings. The number of benzene rings is 1. The number of nitrogens with one attached hydrogen (secondary N) is 1. The summed E-state index contributed by atoms with van der Waals surface area (Å²) in [5, 5.41) is 20.9. The summed E-state index contributed by atoms with van der Waals surface area (Å²) in [6, 6.07) is 6.93. The zero-order valence-electron chi connectivity index (χ0n) is 10.7. The molecule has 1 aromatic heterocycles. The number of piperazine rings is 1. The van der Waals surface area contributed by atoms with Crippen LogP contribution in [0.15, 0.2) is 30.5 Å². The molecule has 6 heteroatoms. The smallest absolute Gasteiger partial charge is 0.115 e. The fraction of sp³-hybridized carbons (Fsp3) is 0.385. The first-order valence-corrected chi connectivity index (χ1v) is 6.45. The normalized spacial score (nSPS) is 16.6. The number of phenolic OH excluding ortho intramolecular Hbond substituents is 1. The van der Waals surface area contributed by atoms with Crippen molar-refractivity contribution in [3.63, 3.8) is 0 Å². The quantitative estimate of drug-likeness (QED) is 0.834.